The molecule has 5 N–H and O–H groups in total. The fourth-order valence-corrected chi connectivity index (χ4v) is 8.98. The Morgan fingerprint density at radius 3 is 1.27 bits per heavy atom. The van der Waals surface area contributed by atoms with Crippen LogP contribution in [0.3, 0.4) is 0 Å². The summed E-state index contributed by atoms with van der Waals surface area (Å²) in [5.41, 5.74) is 1.38. The highest BCUT2D eigenvalue weighted by molar-refractivity contribution is 6.36. The molecule has 2 aromatic carbocycles. The number of aliphatic hydroxyl groups is 1. The van der Waals surface area contributed by atoms with Crippen molar-refractivity contribution >= 4 is 64.4 Å². The molecule has 2 fully saturated rings. The van der Waals surface area contributed by atoms with Crippen molar-refractivity contribution in [1.82, 2.24) is 31.1 Å². The molecule has 0 saturated carbocycles. The molecule has 18 nitrogen and oxygen atoms in total. The Kier molecular flexibility index (Phi) is 24.6. The van der Waals surface area contributed by atoms with Gasteiger partial charge in [-0.15, -0.1) is 0 Å². The van der Waals surface area contributed by atoms with Gasteiger partial charge in [0.1, 0.15) is 30.3 Å². The highest BCUT2D eigenvalue weighted by Crippen LogP contribution is 2.30. The maximum atomic E-state index is 15.1. The van der Waals surface area contributed by atoms with Gasteiger partial charge in [-0.1, -0.05) is 116 Å². The average Bonchev–Trinajstić information content (AvgIpc) is 4.12. The van der Waals surface area contributed by atoms with Crippen LogP contribution in [0.5, 0.6) is 0 Å². The largest absolute Gasteiger partial charge is 0.384 e. The van der Waals surface area contributed by atoms with E-state index in [1.807, 2.05) is 0 Å². The van der Waals surface area contributed by atoms with Crippen molar-refractivity contribution in [3.63, 3.8) is 0 Å². The molecule has 2 aliphatic rings. The van der Waals surface area contributed by atoms with Crippen LogP contribution in [0.4, 0.5) is 17.6 Å². The lowest BCUT2D eigenvalue weighted by atomic mass is 9.90. The molecular formula is C56H76F4N6O12. The topological polar surface area (TPSA) is 263 Å². The number of Topliss-reactive ketones (excluding diaryl/α,β-unsaturated/α-hetero) is 5. The van der Waals surface area contributed by atoms with E-state index in [0.29, 0.717) is 24.0 Å². The van der Waals surface area contributed by atoms with Crippen LogP contribution in [-0.2, 0) is 65.6 Å². The van der Waals surface area contributed by atoms with Crippen molar-refractivity contribution in [2.75, 3.05) is 13.1 Å². The molecule has 0 bridgehead atoms. The van der Waals surface area contributed by atoms with Crippen molar-refractivity contribution in [1.29, 1.82) is 0 Å². The zero-order valence-corrected chi connectivity index (χ0v) is 46.0. The number of rotatable bonds is 26. The Labute approximate surface area is 452 Å². The molecule has 0 radical (unpaired) electrons. The van der Waals surface area contributed by atoms with Gasteiger partial charge in [0.05, 0.1) is 12.1 Å². The number of aryl methyl sites for hydroxylation is 2. The number of likely N-dealkylation sites (tertiary alicyclic amines) is 2. The lowest BCUT2D eigenvalue weighted by Crippen LogP contribution is -2.60. The van der Waals surface area contributed by atoms with Crippen LogP contribution >= 0.6 is 0 Å². The molecule has 430 valence electrons. The number of halogens is 4. The third-order valence-corrected chi connectivity index (χ3v) is 13.7. The Morgan fingerprint density at radius 2 is 0.910 bits per heavy atom. The van der Waals surface area contributed by atoms with Crippen LogP contribution in [0.1, 0.15) is 119 Å². The van der Waals surface area contributed by atoms with E-state index in [1.54, 1.807) is 88.4 Å². The predicted octanol–water partition coefficient (Wildman–Crippen LogP) is 4.30. The van der Waals surface area contributed by atoms with Crippen LogP contribution < -0.4 is 21.3 Å². The van der Waals surface area contributed by atoms with E-state index < -0.39 is 155 Å². The van der Waals surface area contributed by atoms with E-state index in [4.69, 9.17) is 0 Å². The lowest BCUT2D eigenvalue weighted by molar-refractivity contribution is -0.167. The van der Waals surface area contributed by atoms with Gasteiger partial charge >= 0.3 is 11.8 Å². The van der Waals surface area contributed by atoms with Crippen molar-refractivity contribution in [3.8, 4) is 0 Å². The fraction of sp³-hybridized carbons (Fsp3) is 0.589. The first-order valence-corrected chi connectivity index (χ1v) is 26.3. The maximum Gasteiger partial charge on any atom is 0.364 e. The van der Waals surface area contributed by atoms with Crippen LogP contribution in [0, 0.1) is 23.7 Å². The Morgan fingerprint density at radius 1 is 0.538 bits per heavy atom. The van der Waals surface area contributed by atoms with Crippen molar-refractivity contribution in [2.24, 2.45) is 23.7 Å². The first-order valence-electron chi connectivity index (χ1n) is 26.3. The number of hydrogen-bond acceptors (Lipinski definition) is 12. The molecular weight excluding hydrogens is 1020 g/mol. The molecule has 2 saturated heterocycles. The van der Waals surface area contributed by atoms with E-state index in [1.165, 1.54) is 37.5 Å². The Balaban J connectivity index is 0.000000410. The monoisotopic (exact) mass is 1100 g/mol. The number of hydrogen-bond donors (Lipinski definition) is 5. The van der Waals surface area contributed by atoms with E-state index in [-0.39, 0.29) is 38.8 Å². The fourth-order valence-electron chi connectivity index (χ4n) is 8.98. The van der Waals surface area contributed by atoms with Gasteiger partial charge in [-0.3, -0.25) is 52.7 Å². The molecule has 2 aliphatic heterocycles. The van der Waals surface area contributed by atoms with Crippen LogP contribution in [-0.4, -0.2) is 147 Å². The second-order valence-electron chi connectivity index (χ2n) is 21.2. The molecule has 6 amide bonds. The quantitative estimate of drug-likeness (QED) is 0.0502. The third kappa shape index (κ3) is 17.7. The molecule has 4 rings (SSSR count). The highest BCUT2D eigenvalue weighted by atomic mass is 19.3. The van der Waals surface area contributed by atoms with Gasteiger partial charge in [-0.25, -0.2) is 0 Å². The van der Waals surface area contributed by atoms with Crippen molar-refractivity contribution in [3.05, 3.63) is 71.8 Å². The van der Waals surface area contributed by atoms with E-state index in [9.17, 15) is 66.6 Å². The molecule has 0 spiro atoms. The number of alkyl halides is 4. The molecule has 78 heavy (non-hydrogen) atoms. The maximum absolute atomic E-state index is 15.1. The third-order valence-electron chi connectivity index (χ3n) is 13.7. The Hall–Kier alpha value is -6.71. The first kappa shape index (κ1) is 65.6. The van der Waals surface area contributed by atoms with Crippen molar-refractivity contribution in [2.45, 2.75) is 175 Å². The number of nitrogens with zero attached hydrogens (tertiary/aromatic N) is 2. The summed E-state index contributed by atoms with van der Waals surface area (Å²) < 4.78 is 60.0. The zero-order chi connectivity index (χ0) is 59.0. The van der Waals surface area contributed by atoms with E-state index in [2.05, 4.69) is 21.3 Å². The number of carbonyl (C=O) groups is 11. The number of ketones is 5. The second-order valence-corrected chi connectivity index (χ2v) is 21.2. The number of benzene rings is 2. The average molecular weight is 1100 g/mol. The summed E-state index contributed by atoms with van der Waals surface area (Å²) in [4.78, 5) is 140. The molecule has 22 heteroatoms. The summed E-state index contributed by atoms with van der Waals surface area (Å²) in [6.07, 6.45) is -2.04. The van der Waals surface area contributed by atoms with Crippen molar-refractivity contribution < 1.29 is 75.4 Å². The minimum absolute atomic E-state index is 0.0393. The van der Waals surface area contributed by atoms with Gasteiger partial charge in [0.15, 0.2) is 0 Å². The molecule has 0 aliphatic carbocycles. The van der Waals surface area contributed by atoms with Gasteiger partial charge in [0.2, 0.25) is 52.5 Å². The summed E-state index contributed by atoms with van der Waals surface area (Å²) in [5, 5.41) is 20.2. The number of carbonyl (C=O) groups excluding carboxylic acids is 11. The molecule has 2 heterocycles. The standard InChI is InChI=1S/C28H39F2N3O6.C28H37F2N3O6/c2*1-16(2)22(24(36)28(29,30)21(35)14-13-19-10-7-6-8-11-19)31-26(38)20-12-9-15-33(20)27(39)23(17(3)4)32-25(37)18(5)34/h6-8,10-11,16-17,20,22-24,36H,9,12-15H2,1-5H3,(H,31,38)(H,32,37);6-8,10-11,16-17,20,22-23H,9,12-15H2,1-5H3,(H,31,38)(H,32,37)/t20?,22-,23-,24?;20?,22-,23-/m00/s1. The van der Waals surface area contributed by atoms with Crippen LogP contribution in [0.15, 0.2) is 60.7 Å². The molecule has 0 aromatic heterocycles. The summed E-state index contributed by atoms with van der Waals surface area (Å²) >= 11 is 0. The van der Waals surface area contributed by atoms with Crippen LogP contribution in [0.2, 0.25) is 0 Å². The summed E-state index contributed by atoms with van der Waals surface area (Å²) in [6.45, 7) is 15.2. The molecule has 3 unspecified atom stereocenters. The summed E-state index contributed by atoms with van der Waals surface area (Å²) in [5.74, 6) is -21.4. The summed E-state index contributed by atoms with van der Waals surface area (Å²) in [7, 11) is 0. The van der Waals surface area contributed by atoms with E-state index in [0.717, 1.165) is 13.8 Å². The van der Waals surface area contributed by atoms with Gasteiger partial charge in [0, 0.05) is 39.8 Å². The number of aliphatic hydroxyl groups excluding tert-OH is 1. The SMILES string of the molecule is CC(=O)C(=O)N[C@H](C(=O)N1CCCC1C(=O)N[C@@H](C(C)C)C(O)C(F)(F)C(=O)CCc1ccccc1)C(C)C.CC(=O)C(=O)N[C@H](C(=O)N1CCCC1C(=O)N[C@H](C(=O)C(F)(F)C(=O)CCc1ccccc1)C(C)C)C(C)C. The molecule has 2 aromatic rings. The van der Waals surface area contributed by atoms with E-state index >= 15 is 8.78 Å². The number of nitrogens with one attached hydrogen (secondary N) is 4. The van der Waals surface area contributed by atoms with Gasteiger partial charge in [0.25, 0.3) is 11.8 Å². The van der Waals surface area contributed by atoms with Gasteiger partial charge in [-0.05, 0) is 73.3 Å². The van der Waals surface area contributed by atoms with Gasteiger partial charge in [-0.2, -0.15) is 17.6 Å². The van der Waals surface area contributed by atoms with Gasteiger partial charge < -0.3 is 36.2 Å². The minimum atomic E-state index is -4.30. The smallest absolute Gasteiger partial charge is 0.364 e. The first-order chi connectivity index (χ1) is 36.4. The minimum Gasteiger partial charge on any atom is -0.384 e. The zero-order valence-electron chi connectivity index (χ0n) is 46.0. The normalized spacial score (nSPS) is 17.5. The van der Waals surface area contributed by atoms with Crippen LogP contribution in [0.25, 0.3) is 0 Å². The highest BCUT2D eigenvalue weighted by Gasteiger charge is 2.53. The molecule has 7 atom stereocenters. The summed E-state index contributed by atoms with van der Waals surface area (Å²) in [6, 6.07) is 9.85. The number of amides is 6. The Bertz CT molecular complexity index is 2470. The second kappa shape index (κ2) is 29.3. The predicted molar refractivity (Wildman–Crippen MR) is 278 cm³/mol. The lowest BCUT2D eigenvalue weighted by Gasteiger charge is -2.34.